The van der Waals surface area contributed by atoms with Crippen LogP contribution in [0.4, 0.5) is 5.69 Å². The van der Waals surface area contributed by atoms with Crippen molar-refractivity contribution < 1.29 is 4.74 Å². The summed E-state index contributed by atoms with van der Waals surface area (Å²) in [5, 5.41) is 7.24. The first kappa shape index (κ1) is 14.6. The summed E-state index contributed by atoms with van der Waals surface area (Å²) in [5.74, 6) is 1.62. The zero-order valence-electron chi connectivity index (χ0n) is 13.6. The van der Waals surface area contributed by atoms with Gasteiger partial charge in [0.15, 0.2) is 0 Å². The van der Waals surface area contributed by atoms with E-state index in [1.54, 1.807) is 11.3 Å². The summed E-state index contributed by atoms with van der Waals surface area (Å²) in [4.78, 5) is 0. The SMILES string of the molecule is CCC1CNc2cc(OCc3ccccc3)c3scc(C)c3c21. The molecule has 2 aromatic carbocycles. The van der Waals surface area contributed by atoms with Crippen LogP contribution in [0.5, 0.6) is 5.75 Å². The van der Waals surface area contributed by atoms with Crippen LogP contribution in [0, 0.1) is 6.92 Å². The Morgan fingerprint density at radius 1 is 1.26 bits per heavy atom. The summed E-state index contributed by atoms with van der Waals surface area (Å²) < 4.78 is 7.47. The summed E-state index contributed by atoms with van der Waals surface area (Å²) in [6.45, 7) is 6.14. The van der Waals surface area contributed by atoms with Crippen LogP contribution in [-0.4, -0.2) is 6.54 Å². The molecular formula is C20H21NOS. The van der Waals surface area contributed by atoms with Crippen LogP contribution >= 0.6 is 11.3 Å². The quantitative estimate of drug-likeness (QED) is 0.664. The second-order valence-corrected chi connectivity index (χ2v) is 7.10. The largest absolute Gasteiger partial charge is 0.487 e. The van der Waals surface area contributed by atoms with Gasteiger partial charge in [-0.25, -0.2) is 0 Å². The normalized spacial score (nSPS) is 16.3. The molecule has 1 aliphatic heterocycles. The van der Waals surface area contributed by atoms with Crippen molar-refractivity contribution in [1.82, 2.24) is 0 Å². The Balaban J connectivity index is 1.75. The Kier molecular flexibility index (Phi) is 3.74. The van der Waals surface area contributed by atoms with Gasteiger partial charge in [0, 0.05) is 29.6 Å². The molecule has 2 nitrogen and oxygen atoms in total. The highest BCUT2D eigenvalue weighted by Crippen LogP contribution is 2.46. The van der Waals surface area contributed by atoms with Gasteiger partial charge in [-0.3, -0.25) is 0 Å². The molecule has 1 aromatic heterocycles. The molecule has 0 fully saturated rings. The monoisotopic (exact) mass is 323 g/mol. The number of hydrogen-bond donors (Lipinski definition) is 1. The molecule has 0 amide bonds. The third-order valence-electron chi connectivity index (χ3n) is 4.71. The summed E-state index contributed by atoms with van der Waals surface area (Å²) in [6, 6.07) is 12.6. The molecule has 0 saturated carbocycles. The van der Waals surface area contributed by atoms with E-state index in [2.05, 4.69) is 54.9 Å². The number of aryl methyl sites for hydroxylation is 1. The molecular weight excluding hydrogens is 302 g/mol. The van der Waals surface area contributed by atoms with Gasteiger partial charge in [-0.2, -0.15) is 0 Å². The Hall–Kier alpha value is -2.00. The van der Waals surface area contributed by atoms with E-state index in [1.807, 2.05) is 6.07 Å². The number of thiophene rings is 1. The number of benzene rings is 2. The minimum absolute atomic E-state index is 0.614. The first-order chi connectivity index (χ1) is 11.3. The molecule has 1 unspecified atom stereocenters. The fourth-order valence-electron chi connectivity index (χ4n) is 3.47. The molecule has 4 rings (SSSR count). The number of nitrogens with one attached hydrogen (secondary N) is 1. The molecule has 0 bridgehead atoms. The van der Waals surface area contributed by atoms with E-state index in [4.69, 9.17) is 4.74 Å². The molecule has 1 aliphatic rings. The molecule has 0 saturated heterocycles. The third kappa shape index (κ3) is 2.49. The Labute approximate surface area is 141 Å². The lowest BCUT2D eigenvalue weighted by molar-refractivity contribution is 0.310. The summed E-state index contributed by atoms with van der Waals surface area (Å²) in [7, 11) is 0. The van der Waals surface area contributed by atoms with Gasteiger partial charge < -0.3 is 10.1 Å². The second-order valence-electron chi connectivity index (χ2n) is 6.22. The van der Waals surface area contributed by atoms with E-state index in [1.165, 1.54) is 38.9 Å². The third-order valence-corrected chi connectivity index (χ3v) is 5.82. The number of rotatable bonds is 4. The highest BCUT2D eigenvalue weighted by atomic mass is 32.1. The lowest BCUT2D eigenvalue weighted by atomic mass is 9.94. The smallest absolute Gasteiger partial charge is 0.139 e. The zero-order valence-corrected chi connectivity index (χ0v) is 14.4. The van der Waals surface area contributed by atoms with Crippen LogP contribution in [0.1, 0.15) is 36.0 Å². The van der Waals surface area contributed by atoms with Crippen LogP contribution in [0.2, 0.25) is 0 Å². The predicted octanol–water partition coefficient (Wildman–Crippen LogP) is 5.71. The standard InChI is InChI=1S/C20H21NOS/c1-3-15-10-21-16-9-17(22-11-14-7-5-4-6-8-14)20-18(19(15)16)13(2)12-23-20/h4-9,12,15,21H,3,10-11H2,1-2H3. The van der Waals surface area contributed by atoms with E-state index in [-0.39, 0.29) is 0 Å². The average Bonchev–Trinajstić information content (AvgIpc) is 3.17. The molecule has 23 heavy (non-hydrogen) atoms. The van der Waals surface area contributed by atoms with Crippen LogP contribution in [0.25, 0.3) is 10.1 Å². The van der Waals surface area contributed by atoms with Gasteiger partial charge in [-0.15, -0.1) is 11.3 Å². The number of ether oxygens (including phenoxy) is 1. The Morgan fingerprint density at radius 3 is 2.87 bits per heavy atom. The van der Waals surface area contributed by atoms with Crippen LogP contribution in [0.15, 0.2) is 41.8 Å². The van der Waals surface area contributed by atoms with Gasteiger partial charge >= 0.3 is 0 Å². The van der Waals surface area contributed by atoms with Crippen molar-refractivity contribution in [3.63, 3.8) is 0 Å². The molecule has 3 aromatic rings. The maximum absolute atomic E-state index is 6.18. The van der Waals surface area contributed by atoms with Crippen molar-refractivity contribution in [1.29, 1.82) is 0 Å². The van der Waals surface area contributed by atoms with Gasteiger partial charge in [0.2, 0.25) is 0 Å². The number of anilines is 1. The molecule has 3 heteroatoms. The summed E-state index contributed by atoms with van der Waals surface area (Å²) >= 11 is 1.80. The maximum Gasteiger partial charge on any atom is 0.139 e. The van der Waals surface area contributed by atoms with E-state index >= 15 is 0 Å². The van der Waals surface area contributed by atoms with Crippen molar-refractivity contribution in [2.24, 2.45) is 0 Å². The average molecular weight is 323 g/mol. The van der Waals surface area contributed by atoms with Gasteiger partial charge in [0.25, 0.3) is 0 Å². The fraction of sp³-hybridized carbons (Fsp3) is 0.300. The lowest BCUT2D eigenvalue weighted by Crippen LogP contribution is -1.99. The Morgan fingerprint density at radius 2 is 2.09 bits per heavy atom. The number of hydrogen-bond acceptors (Lipinski definition) is 3. The first-order valence-electron chi connectivity index (χ1n) is 8.23. The zero-order chi connectivity index (χ0) is 15.8. The van der Waals surface area contributed by atoms with Gasteiger partial charge in [-0.1, -0.05) is 37.3 Å². The molecule has 1 atom stereocenters. The summed E-state index contributed by atoms with van der Waals surface area (Å²) in [5.41, 5.74) is 5.32. The molecule has 0 spiro atoms. The van der Waals surface area contributed by atoms with Crippen LogP contribution in [-0.2, 0) is 6.61 Å². The van der Waals surface area contributed by atoms with Crippen molar-refractivity contribution in [2.45, 2.75) is 32.8 Å². The summed E-state index contributed by atoms with van der Waals surface area (Å²) in [6.07, 6.45) is 1.18. The lowest BCUT2D eigenvalue weighted by Gasteiger charge is -2.13. The van der Waals surface area contributed by atoms with Crippen molar-refractivity contribution in [3.05, 3.63) is 58.5 Å². The minimum Gasteiger partial charge on any atom is -0.487 e. The van der Waals surface area contributed by atoms with E-state index in [9.17, 15) is 0 Å². The van der Waals surface area contributed by atoms with E-state index in [0.29, 0.717) is 12.5 Å². The molecule has 2 heterocycles. The van der Waals surface area contributed by atoms with Crippen LogP contribution in [0.3, 0.4) is 0 Å². The fourth-order valence-corrected chi connectivity index (χ4v) is 4.50. The van der Waals surface area contributed by atoms with Crippen molar-refractivity contribution in [3.8, 4) is 5.75 Å². The minimum atomic E-state index is 0.614. The first-order valence-corrected chi connectivity index (χ1v) is 9.11. The molecule has 0 radical (unpaired) electrons. The van der Waals surface area contributed by atoms with Gasteiger partial charge in [-0.05, 0) is 35.4 Å². The van der Waals surface area contributed by atoms with Gasteiger partial charge in [0.1, 0.15) is 12.4 Å². The second kappa shape index (κ2) is 5.89. The van der Waals surface area contributed by atoms with Crippen molar-refractivity contribution in [2.75, 3.05) is 11.9 Å². The van der Waals surface area contributed by atoms with Crippen LogP contribution < -0.4 is 10.1 Å². The molecule has 0 aliphatic carbocycles. The highest BCUT2D eigenvalue weighted by molar-refractivity contribution is 7.17. The van der Waals surface area contributed by atoms with E-state index < -0.39 is 0 Å². The highest BCUT2D eigenvalue weighted by Gasteiger charge is 2.26. The maximum atomic E-state index is 6.18. The van der Waals surface area contributed by atoms with Gasteiger partial charge in [0.05, 0.1) is 4.70 Å². The predicted molar refractivity (Wildman–Crippen MR) is 98.9 cm³/mol. The Bertz CT molecular complexity index is 838. The van der Waals surface area contributed by atoms with Crippen molar-refractivity contribution >= 4 is 27.1 Å². The number of fused-ring (bicyclic) bond motifs is 3. The topological polar surface area (TPSA) is 21.3 Å². The molecule has 118 valence electrons. The molecule has 1 N–H and O–H groups in total. The van der Waals surface area contributed by atoms with E-state index in [0.717, 1.165) is 12.3 Å².